The van der Waals surface area contributed by atoms with Crippen molar-refractivity contribution in [3.05, 3.63) is 46.2 Å². The predicted octanol–water partition coefficient (Wildman–Crippen LogP) is 3.05. The topological polar surface area (TPSA) is 56.1 Å². The van der Waals surface area contributed by atoms with Crippen LogP contribution in [0.15, 0.2) is 30.6 Å². The molecule has 0 unspecified atom stereocenters. The van der Waals surface area contributed by atoms with E-state index in [0.717, 1.165) is 0 Å². The molecule has 7 heteroatoms. The summed E-state index contributed by atoms with van der Waals surface area (Å²) in [5.74, 6) is -0.343. The maximum Gasteiger partial charge on any atom is 0.257 e. The number of methoxy groups -OCH3 is 1. The highest BCUT2D eigenvalue weighted by atomic mass is 35.5. The molecule has 19 heavy (non-hydrogen) atoms. The number of hydrogen-bond acceptors (Lipinski definition) is 3. The van der Waals surface area contributed by atoms with Gasteiger partial charge in [-0.15, -0.1) is 0 Å². The van der Waals surface area contributed by atoms with Crippen LogP contribution in [0.1, 0.15) is 10.4 Å². The maximum absolute atomic E-state index is 12.0. The second kappa shape index (κ2) is 6.06. The molecule has 0 saturated carbocycles. The Morgan fingerprint density at radius 2 is 2.26 bits per heavy atom. The zero-order valence-electron chi connectivity index (χ0n) is 10.1. The van der Waals surface area contributed by atoms with Gasteiger partial charge in [-0.25, -0.2) is 4.68 Å². The SMILES string of the molecule is COCn1cc(NC(=O)c2cccc(Cl)c2Cl)cn1. The number of carbonyl (C=O) groups excluding carboxylic acids is 1. The fourth-order valence-electron chi connectivity index (χ4n) is 1.51. The Balaban J connectivity index is 2.14. The van der Waals surface area contributed by atoms with Gasteiger partial charge in [-0.1, -0.05) is 29.3 Å². The van der Waals surface area contributed by atoms with Crippen molar-refractivity contribution in [1.29, 1.82) is 0 Å². The largest absolute Gasteiger partial charge is 0.362 e. The smallest absolute Gasteiger partial charge is 0.257 e. The van der Waals surface area contributed by atoms with Crippen LogP contribution in [0.2, 0.25) is 10.0 Å². The summed E-state index contributed by atoms with van der Waals surface area (Å²) in [6, 6.07) is 4.89. The second-order valence-electron chi connectivity index (χ2n) is 3.74. The van der Waals surface area contributed by atoms with Gasteiger partial charge in [0.25, 0.3) is 5.91 Å². The van der Waals surface area contributed by atoms with E-state index >= 15 is 0 Å². The van der Waals surface area contributed by atoms with E-state index in [1.807, 2.05) is 0 Å². The molecule has 0 aliphatic carbocycles. The molecule has 2 aromatic rings. The Bertz CT molecular complexity index is 598. The molecular formula is C12H11Cl2N3O2. The summed E-state index contributed by atoms with van der Waals surface area (Å²) in [5.41, 5.74) is 0.867. The number of rotatable bonds is 4. The number of nitrogens with one attached hydrogen (secondary N) is 1. The van der Waals surface area contributed by atoms with Crippen molar-refractivity contribution < 1.29 is 9.53 Å². The number of anilines is 1. The van der Waals surface area contributed by atoms with Crippen LogP contribution in [-0.2, 0) is 11.5 Å². The summed E-state index contributed by atoms with van der Waals surface area (Å²) in [6.45, 7) is 0.313. The zero-order valence-corrected chi connectivity index (χ0v) is 11.6. The molecule has 1 aromatic heterocycles. The molecule has 0 saturated heterocycles. The van der Waals surface area contributed by atoms with Crippen molar-refractivity contribution in [2.75, 3.05) is 12.4 Å². The van der Waals surface area contributed by atoms with Gasteiger partial charge >= 0.3 is 0 Å². The number of hydrogen-bond donors (Lipinski definition) is 1. The Kier molecular flexibility index (Phi) is 4.42. The van der Waals surface area contributed by atoms with Crippen LogP contribution >= 0.6 is 23.2 Å². The Morgan fingerprint density at radius 1 is 1.47 bits per heavy atom. The van der Waals surface area contributed by atoms with E-state index in [1.54, 1.807) is 36.2 Å². The highest BCUT2D eigenvalue weighted by Crippen LogP contribution is 2.26. The first kappa shape index (κ1) is 13.9. The molecule has 2 rings (SSSR count). The van der Waals surface area contributed by atoms with Crippen LogP contribution in [0.25, 0.3) is 0 Å². The minimum Gasteiger partial charge on any atom is -0.362 e. The van der Waals surface area contributed by atoms with E-state index in [9.17, 15) is 4.79 Å². The monoisotopic (exact) mass is 299 g/mol. The van der Waals surface area contributed by atoms with Gasteiger partial charge in [-0.3, -0.25) is 4.79 Å². The minimum atomic E-state index is -0.343. The van der Waals surface area contributed by atoms with Crippen molar-refractivity contribution in [2.45, 2.75) is 6.73 Å². The third-order valence-electron chi connectivity index (χ3n) is 2.35. The molecule has 1 aromatic carbocycles. The average Bonchev–Trinajstić information content (AvgIpc) is 2.80. The van der Waals surface area contributed by atoms with Crippen molar-refractivity contribution in [3.63, 3.8) is 0 Å². The molecule has 100 valence electrons. The van der Waals surface area contributed by atoms with Gasteiger partial charge in [-0.05, 0) is 12.1 Å². The molecule has 1 heterocycles. The van der Waals surface area contributed by atoms with Crippen LogP contribution < -0.4 is 5.32 Å². The van der Waals surface area contributed by atoms with E-state index in [1.165, 1.54) is 6.20 Å². The lowest BCUT2D eigenvalue weighted by molar-refractivity contribution is 0.102. The molecule has 5 nitrogen and oxygen atoms in total. The lowest BCUT2D eigenvalue weighted by Crippen LogP contribution is -2.12. The molecule has 0 aliphatic rings. The lowest BCUT2D eigenvalue weighted by atomic mass is 10.2. The van der Waals surface area contributed by atoms with Crippen LogP contribution in [-0.4, -0.2) is 22.8 Å². The van der Waals surface area contributed by atoms with Gasteiger partial charge < -0.3 is 10.1 Å². The Hall–Kier alpha value is -1.56. The van der Waals surface area contributed by atoms with Crippen molar-refractivity contribution in [3.8, 4) is 0 Å². The van der Waals surface area contributed by atoms with Crippen LogP contribution in [0, 0.1) is 0 Å². The molecule has 0 fully saturated rings. The molecule has 0 atom stereocenters. The van der Waals surface area contributed by atoms with E-state index in [0.29, 0.717) is 23.0 Å². The highest BCUT2D eigenvalue weighted by molar-refractivity contribution is 6.44. The summed E-state index contributed by atoms with van der Waals surface area (Å²) in [6.07, 6.45) is 3.18. The van der Waals surface area contributed by atoms with Gasteiger partial charge in [0.1, 0.15) is 6.73 Å². The number of amides is 1. The molecule has 1 N–H and O–H groups in total. The normalized spacial score (nSPS) is 10.5. The predicted molar refractivity (Wildman–Crippen MR) is 73.7 cm³/mol. The molecule has 0 spiro atoms. The summed E-state index contributed by atoms with van der Waals surface area (Å²) in [7, 11) is 1.56. The number of carbonyl (C=O) groups is 1. The fraction of sp³-hybridized carbons (Fsp3) is 0.167. The summed E-state index contributed by atoms with van der Waals surface area (Å²) in [4.78, 5) is 12.0. The third-order valence-corrected chi connectivity index (χ3v) is 3.17. The van der Waals surface area contributed by atoms with Crippen molar-refractivity contribution >= 4 is 34.8 Å². The Labute approximate surface area is 120 Å². The molecular weight excluding hydrogens is 289 g/mol. The van der Waals surface area contributed by atoms with E-state index in [-0.39, 0.29) is 10.9 Å². The first-order valence-electron chi connectivity index (χ1n) is 5.38. The van der Waals surface area contributed by atoms with Crippen LogP contribution in [0.4, 0.5) is 5.69 Å². The van der Waals surface area contributed by atoms with Crippen molar-refractivity contribution in [1.82, 2.24) is 9.78 Å². The molecule has 0 aliphatic heterocycles. The average molecular weight is 300 g/mol. The van der Waals surface area contributed by atoms with Gasteiger partial charge in [0.2, 0.25) is 0 Å². The van der Waals surface area contributed by atoms with Gasteiger partial charge in [0.05, 0.1) is 33.7 Å². The van der Waals surface area contributed by atoms with E-state index in [2.05, 4.69) is 10.4 Å². The fourth-order valence-corrected chi connectivity index (χ4v) is 1.89. The van der Waals surface area contributed by atoms with Gasteiger partial charge in [0.15, 0.2) is 0 Å². The van der Waals surface area contributed by atoms with Gasteiger partial charge in [-0.2, -0.15) is 5.10 Å². The zero-order chi connectivity index (χ0) is 13.8. The standard InChI is InChI=1S/C12H11Cl2N3O2/c1-19-7-17-6-8(5-15-17)16-12(18)9-3-2-4-10(13)11(9)14/h2-6H,7H2,1H3,(H,16,18). The summed E-state index contributed by atoms with van der Waals surface area (Å²) < 4.78 is 6.47. The second-order valence-corrected chi connectivity index (χ2v) is 4.53. The number of aromatic nitrogens is 2. The lowest BCUT2D eigenvalue weighted by Gasteiger charge is -2.05. The van der Waals surface area contributed by atoms with Crippen LogP contribution in [0.5, 0.6) is 0 Å². The number of nitrogens with zero attached hydrogens (tertiary/aromatic N) is 2. The number of halogens is 2. The molecule has 0 radical (unpaired) electrons. The highest BCUT2D eigenvalue weighted by Gasteiger charge is 2.13. The summed E-state index contributed by atoms with van der Waals surface area (Å²) >= 11 is 11.8. The first-order valence-corrected chi connectivity index (χ1v) is 6.14. The van der Waals surface area contributed by atoms with E-state index < -0.39 is 0 Å². The molecule has 1 amide bonds. The van der Waals surface area contributed by atoms with Crippen molar-refractivity contribution in [2.24, 2.45) is 0 Å². The van der Waals surface area contributed by atoms with E-state index in [4.69, 9.17) is 27.9 Å². The maximum atomic E-state index is 12.0. The quantitative estimate of drug-likeness (QED) is 0.944. The first-order chi connectivity index (χ1) is 9.11. The minimum absolute atomic E-state index is 0.228. The number of benzene rings is 1. The molecule has 0 bridgehead atoms. The van der Waals surface area contributed by atoms with Crippen LogP contribution in [0.3, 0.4) is 0 Å². The third kappa shape index (κ3) is 3.26. The van der Waals surface area contributed by atoms with Gasteiger partial charge in [0, 0.05) is 7.11 Å². The Morgan fingerprint density at radius 3 is 3.00 bits per heavy atom. The number of ether oxygens (including phenoxy) is 1. The summed E-state index contributed by atoms with van der Waals surface area (Å²) in [5, 5.41) is 7.26.